The third-order valence-corrected chi connectivity index (χ3v) is 3.04. The summed E-state index contributed by atoms with van der Waals surface area (Å²) < 4.78 is 16.2. The van der Waals surface area contributed by atoms with Crippen LogP contribution in [0, 0.1) is 3.57 Å². The Morgan fingerprint density at radius 1 is 1.35 bits per heavy atom. The van der Waals surface area contributed by atoms with Crippen molar-refractivity contribution in [3.8, 4) is 17.2 Å². The smallest absolute Gasteiger partial charge is 0.259 e. The fourth-order valence-corrected chi connectivity index (χ4v) is 2.06. The standard InChI is InChI=1S/C11H11IN2O3/c1-15-6-10-13-11(17-14-10)8-4-3-7(16-2)5-9(8)12/h3-5H,6H2,1-2H3. The molecule has 1 aromatic carbocycles. The lowest BCUT2D eigenvalue weighted by atomic mass is 10.2. The maximum Gasteiger partial charge on any atom is 0.259 e. The van der Waals surface area contributed by atoms with Crippen molar-refractivity contribution in [3.05, 3.63) is 27.6 Å². The molecule has 0 aliphatic rings. The largest absolute Gasteiger partial charge is 0.497 e. The van der Waals surface area contributed by atoms with Crippen LogP contribution in [0.5, 0.6) is 5.75 Å². The van der Waals surface area contributed by atoms with Gasteiger partial charge < -0.3 is 14.0 Å². The third kappa shape index (κ3) is 2.75. The van der Waals surface area contributed by atoms with Crippen molar-refractivity contribution in [2.45, 2.75) is 6.61 Å². The van der Waals surface area contributed by atoms with Crippen LogP contribution in [0.4, 0.5) is 0 Å². The molecule has 2 rings (SSSR count). The minimum atomic E-state index is 0.343. The molecule has 0 saturated carbocycles. The second-order valence-electron chi connectivity index (χ2n) is 3.29. The Bertz CT molecular complexity index is 513. The number of ether oxygens (including phenoxy) is 2. The van der Waals surface area contributed by atoms with Crippen LogP contribution in [0.3, 0.4) is 0 Å². The molecule has 0 saturated heterocycles. The van der Waals surface area contributed by atoms with Gasteiger partial charge in [0.1, 0.15) is 12.4 Å². The minimum Gasteiger partial charge on any atom is -0.497 e. The fourth-order valence-electron chi connectivity index (χ4n) is 1.35. The molecule has 0 spiro atoms. The number of hydrogen-bond donors (Lipinski definition) is 0. The Morgan fingerprint density at radius 3 is 2.82 bits per heavy atom. The van der Waals surface area contributed by atoms with E-state index in [2.05, 4.69) is 32.7 Å². The van der Waals surface area contributed by atoms with E-state index in [4.69, 9.17) is 14.0 Å². The zero-order valence-electron chi connectivity index (χ0n) is 9.44. The number of halogens is 1. The fraction of sp³-hybridized carbons (Fsp3) is 0.273. The molecule has 0 atom stereocenters. The van der Waals surface area contributed by atoms with Crippen LogP contribution in [0.1, 0.15) is 5.82 Å². The Morgan fingerprint density at radius 2 is 2.18 bits per heavy atom. The lowest BCUT2D eigenvalue weighted by Gasteiger charge is -2.02. The molecule has 0 radical (unpaired) electrons. The highest BCUT2D eigenvalue weighted by atomic mass is 127. The average molecular weight is 346 g/mol. The van der Waals surface area contributed by atoms with Gasteiger partial charge in [-0.1, -0.05) is 5.16 Å². The van der Waals surface area contributed by atoms with Crippen LogP contribution in [0.15, 0.2) is 22.7 Å². The van der Waals surface area contributed by atoms with Gasteiger partial charge >= 0.3 is 0 Å². The Kier molecular flexibility index (Phi) is 3.95. The van der Waals surface area contributed by atoms with Gasteiger partial charge in [-0.3, -0.25) is 0 Å². The van der Waals surface area contributed by atoms with E-state index in [0.717, 1.165) is 14.9 Å². The SMILES string of the molecule is COCc1noc(-c2ccc(OC)cc2I)n1. The summed E-state index contributed by atoms with van der Waals surface area (Å²) in [5.41, 5.74) is 0.890. The van der Waals surface area contributed by atoms with Crippen molar-refractivity contribution < 1.29 is 14.0 Å². The second kappa shape index (κ2) is 5.46. The van der Waals surface area contributed by atoms with Crippen LogP contribution in [-0.4, -0.2) is 24.4 Å². The first kappa shape index (κ1) is 12.3. The summed E-state index contributed by atoms with van der Waals surface area (Å²) >= 11 is 2.20. The third-order valence-electron chi connectivity index (χ3n) is 2.15. The molecule has 6 heteroatoms. The Labute approximate surface area is 112 Å². The van der Waals surface area contributed by atoms with E-state index in [1.165, 1.54) is 0 Å². The summed E-state index contributed by atoms with van der Waals surface area (Å²) in [6.07, 6.45) is 0. The van der Waals surface area contributed by atoms with Gasteiger partial charge in [0.05, 0.1) is 12.7 Å². The van der Waals surface area contributed by atoms with E-state index in [1.54, 1.807) is 14.2 Å². The van der Waals surface area contributed by atoms with Crippen LogP contribution in [0.2, 0.25) is 0 Å². The maximum atomic E-state index is 5.17. The van der Waals surface area contributed by atoms with Crippen LogP contribution in [0.25, 0.3) is 11.5 Å². The topological polar surface area (TPSA) is 57.4 Å². The molecule has 0 bridgehead atoms. The molecular formula is C11H11IN2O3. The van der Waals surface area contributed by atoms with Crippen molar-refractivity contribution in [1.82, 2.24) is 10.1 Å². The maximum absolute atomic E-state index is 5.17. The van der Waals surface area contributed by atoms with E-state index in [0.29, 0.717) is 18.3 Å². The summed E-state index contributed by atoms with van der Waals surface area (Å²) in [5.74, 6) is 1.83. The van der Waals surface area contributed by atoms with Gasteiger partial charge in [-0.25, -0.2) is 0 Å². The molecule has 0 amide bonds. The van der Waals surface area contributed by atoms with Gasteiger partial charge in [0.25, 0.3) is 5.89 Å². The molecule has 0 unspecified atom stereocenters. The predicted octanol–water partition coefficient (Wildman–Crippen LogP) is 2.50. The van der Waals surface area contributed by atoms with Crippen LogP contribution >= 0.6 is 22.6 Å². The van der Waals surface area contributed by atoms with E-state index >= 15 is 0 Å². The molecule has 0 aliphatic carbocycles. The highest BCUT2D eigenvalue weighted by Gasteiger charge is 2.12. The molecule has 0 aliphatic heterocycles. The van der Waals surface area contributed by atoms with Gasteiger partial charge in [-0.15, -0.1) is 0 Å². The molecule has 90 valence electrons. The average Bonchev–Trinajstić information content (AvgIpc) is 2.78. The first-order valence-electron chi connectivity index (χ1n) is 4.90. The number of rotatable bonds is 4. The summed E-state index contributed by atoms with van der Waals surface area (Å²) in [5, 5.41) is 3.82. The number of nitrogens with zero attached hydrogens (tertiary/aromatic N) is 2. The number of benzene rings is 1. The van der Waals surface area contributed by atoms with Gasteiger partial charge in [-0.05, 0) is 40.8 Å². The van der Waals surface area contributed by atoms with Crippen molar-refractivity contribution in [1.29, 1.82) is 0 Å². The van der Waals surface area contributed by atoms with Crippen molar-refractivity contribution in [3.63, 3.8) is 0 Å². The van der Waals surface area contributed by atoms with Crippen LogP contribution < -0.4 is 4.74 Å². The lowest BCUT2D eigenvalue weighted by molar-refractivity contribution is 0.174. The second-order valence-corrected chi connectivity index (χ2v) is 4.46. The summed E-state index contributed by atoms with van der Waals surface area (Å²) in [7, 11) is 3.22. The Hall–Kier alpha value is -1.15. The Balaban J connectivity index is 2.32. The first-order valence-corrected chi connectivity index (χ1v) is 5.98. The zero-order valence-corrected chi connectivity index (χ0v) is 11.6. The molecular weight excluding hydrogens is 335 g/mol. The zero-order chi connectivity index (χ0) is 12.3. The summed E-state index contributed by atoms with van der Waals surface area (Å²) in [6, 6.07) is 5.67. The summed E-state index contributed by atoms with van der Waals surface area (Å²) in [6.45, 7) is 0.343. The molecule has 0 fully saturated rings. The number of methoxy groups -OCH3 is 2. The quantitative estimate of drug-likeness (QED) is 0.797. The highest BCUT2D eigenvalue weighted by molar-refractivity contribution is 14.1. The first-order chi connectivity index (χ1) is 8.24. The van der Waals surface area contributed by atoms with E-state index in [9.17, 15) is 0 Å². The van der Waals surface area contributed by atoms with Crippen molar-refractivity contribution in [2.24, 2.45) is 0 Å². The normalized spacial score (nSPS) is 10.5. The molecule has 1 heterocycles. The van der Waals surface area contributed by atoms with Crippen LogP contribution in [-0.2, 0) is 11.3 Å². The predicted molar refractivity (Wildman–Crippen MR) is 69.7 cm³/mol. The minimum absolute atomic E-state index is 0.343. The monoisotopic (exact) mass is 346 g/mol. The lowest BCUT2D eigenvalue weighted by Crippen LogP contribution is -1.90. The van der Waals surface area contributed by atoms with Gasteiger partial charge in [0.2, 0.25) is 0 Å². The highest BCUT2D eigenvalue weighted by Crippen LogP contribution is 2.27. The van der Waals surface area contributed by atoms with Crippen molar-refractivity contribution in [2.75, 3.05) is 14.2 Å². The van der Waals surface area contributed by atoms with E-state index in [-0.39, 0.29) is 0 Å². The molecule has 2 aromatic rings. The van der Waals surface area contributed by atoms with Gasteiger partial charge in [-0.2, -0.15) is 4.98 Å². The van der Waals surface area contributed by atoms with E-state index in [1.807, 2.05) is 18.2 Å². The molecule has 5 nitrogen and oxygen atoms in total. The van der Waals surface area contributed by atoms with E-state index < -0.39 is 0 Å². The number of hydrogen-bond acceptors (Lipinski definition) is 5. The summed E-state index contributed by atoms with van der Waals surface area (Å²) in [4.78, 5) is 4.24. The molecule has 17 heavy (non-hydrogen) atoms. The van der Waals surface area contributed by atoms with Gasteiger partial charge in [0, 0.05) is 10.7 Å². The number of aromatic nitrogens is 2. The van der Waals surface area contributed by atoms with Gasteiger partial charge in [0.15, 0.2) is 5.82 Å². The van der Waals surface area contributed by atoms with Crippen molar-refractivity contribution >= 4 is 22.6 Å². The molecule has 1 aromatic heterocycles. The molecule has 0 N–H and O–H groups in total.